The Balaban J connectivity index is 2.94. The lowest BCUT2D eigenvalue weighted by atomic mass is 10.9. The molecule has 0 spiro atoms. The standard InChI is InChI=1S/C6H5ClN2O2S2/c1-13(10,11)5-4(7)8-6-9(5)2-3-12-6/h2-3H,1H3. The summed E-state index contributed by atoms with van der Waals surface area (Å²) in [6.45, 7) is 0. The summed E-state index contributed by atoms with van der Waals surface area (Å²) in [5, 5.41) is 1.85. The number of thiazole rings is 1. The fourth-order valence-corrected chi connectivity index (χ4v) is 3.34. The highest BCUT2D eigenvalue weighted by Gasteiger charge is 2.20. The zero-order chi connectivity index (χ0) is 9.64. The largest absolute Gasteiger partial charge is 0.280 e. The Bertz CT molecular complexity index is 554. The molecular weight excluding hydrogens is 232 g/mol. The van der Waals surface area contributed by atoms with Crippen LogP contribution in [0, 0.1) is 0 Å². The van der Waals surface area contributed by atoms with E-state index in [1.807, 2.05) is 0 Å². The number of nitrogens with zero attached hydrogens (tertiary/aromatic N) is 2. The predicted molar refractivity (Wildman–Crippen MR) is 51.2 cm³/mol. The number of halogens is 1. The molecule has 0 saturated heterocycles. The fraction of sp³-hybridized carbons (Fsp3) is 0.167. The van der Waals surface area contributed by atoms with E-state index in [0.717, 1.165) is 6.26 Å². The van der Waals surface area contributed by atoms with Gasteiger partial charge in [0.2, 0.25) is 0 Å². The van der Waals surface area contributed by atoms with E-state index in [2.05, 4.69) is 4.98 Å². The lowest BCUT2D eigenvalue weighted by molar-refractivity contribution is 0.597. The molecule has 7 heteroatoms. The van der Waals surface area contributed by atoms with Gasteiger partial charge in [-0.15, -0.1) is 11.3 Å². The molecular formula is C6H5ClN2O2S2. The molecule has 2 aromatic rings. The van der Waals surface area contributed by atoms with Gasteiger partial charge in [-0.2, -0.15) is 0 Å². The van der Waals surface area contributed by atoms with Crippen LogP contribution in [0.3, 0.4) is 0 Å². The van der Waals surface area contributed by atoms with Gasteiger partial charge in [0.25, 0.3) is 0 Å². The molecule has 0 N–H and O–H groups in total. The van der Waals surface area contributed by atoms with Gasteiger partial charge < -0.3 is 0 Å². The summed E-state index contributed by atoms with van der Waals surface area (Å²) in [4.78, 5) is 4.50. The van der Waals surface area contributed by atoms with Gasteiger partial charge in [-0.3, -0.25) is 4.40 Å². The van der Waals surface area contributed by atoms with Crippen LogP contribution in [0.2, 0.25) is 5.15 Å². The highest BCUT2D eigenvalue weighted by Crippen LogP contribution is 2.24. The Labute approximate surface area is 83.7 Å². The van der Waals surface area contributed by atoms with Crippen LogP contribution in [0.5, 0.6) is 0 Å². The molecule has 0 atom stereocenters. The topological polar surface area (TPSA) is 51.4 Å². The van der Waals surface area contributed by atoms with Crippen molar-refractivity contribution in [2.24, 2.45) is 0 Å². The molecule has 13 heavy (non-hydrogen) atoms. The number of sulfone groups is 1. The van der Waals surface area contributed by atoms with Crippen molar-refractivity contribution in [1.29, 1.82) is 0 Å². The zero-order valence-corrected chi connectivity index (χ0v) is 8.95. The number of aromatic nitrogens is 2. The highest BCUT2D eigenvalue weighted by molar-refractivity contribution is 7.90. The number of fused-ring (bicyclic) bond motifs is 1. The zero-order valence-electron chi connectivity index (χ0n) is 6.56. The smallest absolute Gasteiger partial charge is 0.196 e. The van der Waals surface area contributed by atoms with Crippen LogP contribution < -0.4 is 0 Å². The van der Waals surface area contributed by atoms with E-state index in [4.69, 9.17) is 11.6 Å². The summed E-state index contributed by atoms with van der Waals surface area (Å²) in [6.07, 6.45) is 2.75. The van der Waals surface area contributed by atoms with Crippen molar-refractivity contribution < 1.29 is 8.42 Å². The lowest BCUT2D eigenvalue weighted by Crippen LogP contribution is -2.00. The Morgan fingerprint density at radius 2 is 2.31 bits per heavy atom. The lowest BCUT2D eigenvalue weighted by Gasteiger charge is -1.94. The molecule has 0 radical (unpaired) electrons. The summed E-state index contributed by atoms with van der Waals surface area (Å²) in [5.41, 5.74) is 0. The summed E-state index contributed by atoms with van der Waals surface area (Å²) in [7, 11) is -3.31. The van der Waals surface area contributed by atoms with Crippen LogP contribution in [0.15, 0.2) is 16.6 Å². The van der Waals surface area contributed by atoms with E-state index in [9.17, 15) is 8.42 Å². The monoisotopic (exact) mass is 236 g/mol. The van der Waals surface area contributed by atoms with Crippen LogP contribution in [0.1, 0.15) is 0 Å². The molecule has 0 aliphatic heterocycles. The quantitative estimate of drug-likeness (QED) is 0.753. The molecule has 0 amide bonds. The molecule has 0 saturated carbocycles. The molecule has 2 rings (SSSR count). The van der Waals surface area contributed by atoms with E-state index in [0.29, 0.717) is 4.96 Å². The van der Waals surface area contributed by atoms with E-state index in [-0.39, 0.29) is 10.2 Å². The third-order valence-corrected chi connectivity index (χ3v) is 3.75. The van der Waals surface area contributed by atoms with Gasteiger partial charge in [-0.25, -0.2) is 13.4 Å². The SMILES string of the molecule is CS(=O)(=O)c1c(Cl)nc2sccn12. The Hall–Kier alpha value is -0.590. The minimum atomic E-state index is -3.31. The molecule has 0 aliphatic carbocycles. The van der Waals surface area contributed by atoms with E-state index < -0.39 is 9.84 Å². The van der Waals surface area contributed by atoms with E-state index in [1.165, 1.54) is 15.7 Å². The molecule has 2 heterocycles. The molecule has 0 fully saturated rings. The number of rotatable bonds is 1. The Kier molecular flexibility index (Phi) is 1.86. The van der Waals surface area contributed by atoms with Gasteiger partial charge in [0, 0.05) is 17.8 Å². The maximum absolute atomic E-state index is 11.3. The van der Waals surface area contributed by atoms with E-state index in [1.54, 1.807) is 11.6 Å². The maximum atomic E-state index is 11.3. The van der Waals surface area contributed by atoms with Gasteiger partial charge in [-0.05, 0) is 0 Å². The van der Waals surface area contributed by atoms with Crippen LogP contribution >= 0.6 is 22.9 Å². The second-order valence-electron chi connectivity index (χ2n) is 2.54. The van der Waals surface area contributed by atoms with Crippen molar-refractivity contribution in [3.63, 3.8) is 0 Å². The first-order valence-corrected chi connectivity index (χ1v) is 6.46. The van der Waals surface area contributed by atoms with E-state index >= 15 is 0 Å². The minimum absolute atomic E-state index is 0.0364. The van der Waals surface area contributed by atoms with Crippen molar-refractivity contribution in [1.82, 2.24) is 9.38 Å². The number of hydrogen-bond acceptors (Lipinski definition) is 4. The molecule has 70 valence electrons. The summed E-state index contributed by atoms with van der Waals surface area (Å²) in [5.74, 6) is 0. The predicted octanol–water partition coefficient (Wildman–Crippen LogP) is 1.45. The van der Waals surface area contributed by atoms with Crippen molar-refractivity contribution in [2.45, 2.75) is 5.03 Å². The molecule has 0 aliphatic rings. The second-order valence-corrected chi connectivity index (χ2v) is 5.70. The van der Waals surface area contributed by atoms with Crippen LogP contribution in [-0.4, -0.2) is 24.1 Å². The molecule has 0 unspecified atom stereocenters. The van der Waals surface area contributed by atoms with Crippen molar-refractivity contribution in [3.8, 4) is 0 Å². The van der Waals surface area contributed by atoms with Gasteiger partial charge in [0.15, 0.2) is 25.0 Å². The first kappa shape index (κ1) is 8.98. The van der Waals surface area contributed by atoms with Crippen molar-refractivity contribution in [3.05, 3.63) is 16.7 Å². The Morgan fingerprint density at radius 3 is 2.92 bits per heavy atom. The fourth-order valence-electron chi connectivity index (χ4n) is 1.07. The first-order valence-electron chi connectivity index (χ1n) is 3.31. The third kappa shape index (κ3) is 1.34. The number of imidazole rings is 1. The van der Waals surface area contributed by atoms with Crippen LogP contribution in [0.4, 0.5) is 0 Å². The van der Waals surface area contributed by atoms with Gasteiger partial charge in [0.1, 0.15) is 0 Å². The molecule has 4 nitrogen and oxygen atoms in total. The molecule has 0 aromatic carbocycles. The average molecular weight is 237 g/mol. The van der Waals surface area contributed by atoms with Crippen molar-refractivity contribution >= 4 is 37.7 Å². The van der Waals surface area contributed by atoms with Gasteiger partial charge >= 0.3 is 0 Å². The summed E-state index contributed by atoms with van der Waals surface area (Å²) < 4.78 is 24.0. The van der Waals surface area contributed by atoms with Crippen LogP contribution in [0.25, 0.3) is 4.96 Å². The Morgan fingerprint density at radius 1 is 1.62 bits per heavy atom. The normalized spacial score (nSPS) is 12.5. The van der Waals surface area contributed by atoms with Crippen molar-refractivity contribution in [2.75, 3.05) is 6.26 Å². The molecule has 2 aromatic heterocycles. The minimum Gasteiger partial charge on any atom is -0.280 e. The first-order chi connectivity index (χ1) is 6.00. The highest BCUT2D eigenvalue weighted by atomic mass is 35.5. The van der Waals surface area contributed by atoms with Gasteiger partial charge in [0.05, 0.1) is 0 Å². The average Bonchev–Trinajstić information content (AvgIpc) is 2.41. The second kappa shape index (κ2) is 2.70. The van der Waals surface area contributed by atoms with Crippen LogP contribution in [-0.2, 0) is 9.84 Å². The third-order valence-electron chi connectivity index (χ3n) is 1.53. The summed E-state index contributed by atoms with van der Waals surface area (Å²) in [6, 6.07) is 0. The molecule has 0 bridgehead atoms. The maximum Gasteiger partial charge on any atom is 0.196 e. The number of hydrogen-bond donors (Lipinski definition) is 0. The van der Waals surface area contributed by atoms with Gasteiger partial charge in [-0.1, -0.05) is 11.6 Å². The summed E-state index contributed by atoms with van der Waals surface area (Å²) >= 11 is 7.03.